The number of piperidine rings is 1. The minimum Gasteiger partial charge on any atom is -0.336 e. The monoisotopic (exact) mass is 541 g/mol. The predicted molar refractivity (Wildman–Crippen MR) is 132 cm³/mol. The summed E-state index contributed by atoms with van der Waals surface area (Å²) in [6, 6.07) is 12.8. The highest BCUT2D eigenvalue weighted by Gasteiger charge is 2.37. The number of hydrogen-bond donors (Lipinski definition) is 1. The molecule has 2 aliphatic rings. The highest BCUT2D eigenvalue weighted by Crippen LogP contribution is 2.35. The van der Waals surface area contributed by atoms with Gasteiger partial charge in [-0.1, -0.05) is 18.2 Å². The first-order valence-corrected chi connectivity index (χ1v) is 12.6. The van der Waals surface area contributed by atoms with Crippen LogP contribution < -0.4 is 10.9 Å². The molecular formula is C25H21BrFN3O3S. The van der Waals surface area contributed by atoms with Crippen molar-refractivity contribution in [1.82, 2.24) is 14.8 Å². The zero-order chi connectivity index (χ0) is 23.8. The van der Waals surface area contributed by atoms with Gasteiger partial charge in [0, 0.05) is 52.0 Å². The van der Waals surface area contributed by atoms with Crippen molar-refractivity contribution < 1.29 is 14.0 Å². The van der Waals surface area contributed by atoms with E-state index in [1.807, 2.05) is 17.5 Å². The SMILES string of the molecule is O=C(NC(=Cc1cc(Br)cs1)C(=O)N1CC2CC(C1)c1cccc(=O)n1C2)c1ccccc1F. The van der Waals surface area contributed by atoms with Crippen LogP contribution in [0.1, 0.15) is 33.3 Å². The zero-order valence-electron chi connectivity index (χ0n) is 18.0. The number of nitrogens with zero attached hydrogens (tertiary/aromatic N) is 2. The Bertz CT molecular complexity index is 1370. The Balaban J connectivity index is 1.44. The third-order valence-corrected chi connectivity index (χ3v) is 7.88. The largest absolute Gasteiger partial charge is 0.336 e. The number of carbonyl (C=O) groups is 2. The predicted octanol–water partition coefficient (Wildman–Crippen LogP) is 4.23. The first kappa shape index (κ1) is 22.7. The average Bonchev–Trinajstić information content (AvgIpc) is 3.23. The molecule has 1 aromatic carbocycles. The number of thiophene rings is 1. The Labute approximate surface area is 207 Å². The van der Waals surface area contributed by atoms with E-state index in [2.05, 4.69) is 21.2 Å². The Morgan fingerprint density at radius 2 is 1.94 bits per heavy atom. The molecule has 2 aromatic heterocycles. The quantitative estimate of drug-likeness (QED) is 0.502. The molecule has 6 nitrogen and oxygen atoms in total. The molecule has 2 amide bonds. The zero-order valence-corrected chi connectivity index (χ0v) is 20.4. The summed E-state index contributed by atoms with van der Waals surface area (Å²) in [4.78, 5) is 41.3. The molecule has 5 rings (SSSR count). The maximum atomic E-state index is 14.2. The van der Waals surface area contributed by atoms with Crippen LogP contribution >= 0.6 is 27.3 Å². The Morgan fingerprint density at radius 1 is 1.12 bits per heavy atom. The fraction of sp³-hybridized carbons (Fsp3) is 0.240. The number of carbonyl (C=O) groups excluding carboxylic acids is 2. The molecule has 1 saturated heterocycles. The summed E-state index contributed by atoms with van der Waals surface area (Å²) < 4.78 is 16.9. The molecule has 174 valence electrons. The summed E-state index contributed by atoms with van der Waals surface area (Å²) in [6.45, 7) is 1.49. The average molecular weight is 542 g/mol. The second-order valence-corrected chi connectivity index (χ2v) is 10.4. The molecule has 2 unspecified atom stereocenters. The van der Waals surface area contributed by atoms with Gasteiger partial charge in [0.05, 0.1) is 5.56 Å². The van der Waals surface area contributed by atoms with Crippen molar-refractivity contribution in [2.75, 3.05) is 13.1 Å². The Hall–Kier alpha value is -3.04. The number of amides is 2. The van der Waals surface area contributed by atoms with E-state index in [-0.39, 0.29) is 34.6 Å². The normalized spacial score (nSPS) is 19.5. The second kappa shape index (κ2) is 9.31. The molecule has 3 aromatic rings. The highest BCUT2D eigenvalue weighted by molar-refractivity contribution is 9.10. The Morgan fingerprint density at radius 3 is 2.71 bits per heavy atom. The van der Waals surface area contributed by atoms with E-state index < -0.39 is 11.7 Å². The van der Waals surface area contributed by atoms with E-state index in [0.717, 1.165) is 21.5 Å². The third kappa shape index (κ3) is 4.50. The van der Waals surface area contributed by atoms with Gasteiger partial charge < -0.3 is 14.8 Å². The molecule has 2 atom stereocenters. The lowest BCUT2D eigenvalue weighted by atomic mass is 9.83. The fourth-order valence-corrected chi connectivity index (χ4v) is 6.14. The van der Waals surface area contributed by atoms with E-state index in [1.54, 1.807) is 33.7 Å². The van der Waals surface area contributed by atoms with Gasteiger partial charge in [-0.15, -0.1) is 11.3 Å². The van der Waals surface area contributed by atoms with E-state index in [4.69, 9.17) is 0 Å². The molecular weight excluding hydrogens is 521 g/mol. The number of fused-ring (bicyclic) bond motifs is 4. The van der Waals surface area contributed by atoms with Crippen LogP contribution in [0.2, 0.25) is 0 Å². The third-order valence-electron chi connectivity index (χ3n) is 6.24. The molecule has 0 spiro atoms. The molecule has 4 heterocycles. The van der Waals surface area contributed by atoms with Crippen molar-refractivity contribution in [2.24, 2.45) is 5.92 Å². The van der Waals surface area contributed by atoms with Gasteiger partial charge in [-0.3, -0.25) is 14.4 Å². The van der Waals surface area contributed by atoms with Crippen molar-refractivity contribution in [1.29, 1.82) is 0 Å². The molecule has 34 heavy (non-hydrogen) atoms. The van der Waals surface area contributed by atoms with Crippen molar-refractivity contribution >= 4 is 45.2 Å². The summed E-state index contributed by atoms with van der Waals surface area (Å²) in [5.74, 6) is -1.46. The van der Waals surface area contributed by atoms with Crippen LogP contribution in [0.3, 0.4) is 0 Å². The maximum Gasteiger partial charge on any atom is 0.270 e. The Kier molecular flexibility index (Phi) is 6.22. The summed E-state index contributed by atoms with van der Waals surface area (Å²) >= 11 is 4.83. The molecule has 2 aliphatic heterocycles. The summed E-state index contributed by atoms with van der Waals surface area (Å²) in [5.41, 5.74) is 0.878. The van der Waals surface area contributed by atoms with Crippen molar-refractivity contribution in [2.45, 2.75) is 18.9 Å². The van der Waals surface area contributed by atoms with Gasteiger partial charge in [0.15, 0.2) is 0 Å². The lowest BCUT2D eigenvalue weighted by molar-refractivity contribution is -0.130. The van der Waals surface area contributed by atoms with Crippen molar-refractivity contribution in [3.05, 3.63) is 96.4 Å². The van der Waals surface area contributed by atoms with Crippen LogP contribution in [0.4, 0.5) is 4.39 Å². The van der Waals surface area contributed by atoms with Crippen LogP contribution in [0.15, 0.2) is 68.9 Å². The van der Waals surface area contributed by atoms with Gasteiger partial charge in [0.2, 0.25) is 0 Å². The van der Waals surface area contributed by atoms with E-state index in [1.165, 1.54) is 29.5 Å². The molecule has 0 saturated carbocycles. The van der Waals surface area contributed by atoms with Gasteiger partial charge in [-0.25, -0.2) is 4.39 Å². The van der Waals surface area contributed by atoms with Gasteiger partial charge in [0.25, 0.3) is 17.4 Å². The number of pyridine rings is 1. The minimum absolute atomic E-state index is 0.0204. The molecule has 1 fully saturated rings. The smallest absolute Gasteiger partial charge is 0.270 e. The van der Waals surface area contributed by atoms with Crippen LogP contribution in [-0.2, 0) is 11.3 Å². The summed E-state index contributed by atoms with van der Waals surface area (Å²) in [7, 11) is 0. The van der Waals surface area contributed by atoms with E-state index >= 15 is 0 Å². The van der Waals surface area contributed by atoms with Gasteiger partial charge in [0.1, 0.15) is 11.5 Å². The number of halogens is 2. The van der Waals surface area contributed by atoms with Gasteiger partial charge >= 0.3 is 0 Å². The van der Waals surface area contributed by atoms with Gasteiger partial charge in [-0.05, 0) is 58.6 Å². The highest BCUT2D eigenvalue weighted by atomic mass is 79.9. The lowest BCUT2D eigenvalue weighted by Crippen LogP contribution is -2.50. The molecule has 0 aliphatic carbocycles. The standard InChI is InChI=1S/C25H21BrFN3O3S/c26-17-9-18(34-14-17)10-21(28-24(32)19-4-1-2-5-20(19)27)25(33)29-11-15-8-16(13-29)22-6-3-7-23(31)30(22)12-15/h1-7,9-10,14-16H,8,11-13H2,(H,28,32). The number of aromatic nitrogens is 1. The minimum atomic E-state index is -0.678. The summed E-state index contributed by atoms with van der Waals surface area (Å²) in [5, 5.41) is 4.53. The first-order valence-electron chi connectivity index (χ1n) is 10.9. The fourth-order valence-electron chi connectivity index (χ4n) is 4.77. The van der Waals surface area contributed by atoms with Crippen LogP contribution in [-0.4, -0.2) is 34.4 Å². The summed E-state index contributed by atoms with van der Waals surface area (Å²) in [6.07, 6.45) is 2.53. The molecule has 9 heteroatoms. The van der Waals surface area contributed by atoms with Crippen LogP contribution in [0.25, 0.3) is 6.08 Å². The number of likely N-dealkylation sites (tertiary alicyclic amines) is 1. The number of benzene rings is 1. The van der Waals surface area contributed by atoms with E-state index in [9.17, 15) is 18.8 Å². The molecule has 0 radical (unpaired) electrons. The number of nitrogens with one attached hydrogen (secondary N) is 1. The van der Waals surface area contributed by atoms with Crippen molar-refractivity contribution in [3.63, 3.8) is 0 Å². The first-order chi connectivity index (χ1) is 16.4. The number of rotatable bonds is 4. The van der Waals surface area contributed by atoms with Crippen LogP contribution in [0.5, 0.6) is 0 Å². The topological polar surface area (TPSA) is 71.4 Å². The van der Waals surface area contributed by atoms with Crippen LogP contribution in [0, 0.1) is 11.7 Å². The lowest BCUT2D eigenvalue weighted by Gasteiger charge is -2.43. The van der Waals surface area contributed by atoms with Gasteiger partial charge in [-0.2, -0.15) is 0 Å². The molecule has 2 bridgehead atoms. The number of hydrogen-bond acceptors (Lipinski definition) is 4. The molecule has 1 N–H and O–H groups in total. The van der Waals surface area contributed by atoms with Crippen molar-refractivity contribution in [3.8, 4) is 0 Å². The second-order valence-electron chi connectivity index (χ2n) is 8.57. The maximum absolute atomic E-state index is 14.2. The van der Waals surface area contributed by atoms with E-state index in [0.29, 0.717) is 19.6 Å².